The second kappa shape index (κ2) is 9.24. The number of anilines is 1. The Bertz CT molecular complexity index is 948. The van der Waals surface area contributed by atoms with E-state index in [4.69, 9.17) is 0 Å². The number of aryl methyl sites for hydroxylation is 1. The van der Waals surface area contributed by atoms with Crippen LogP contribution < -0.4 is 4.90 Å². The molecule has 0 bridgehead atoms. The quantitative estimate of drug-likeness (QED) is 0.635. The van der Waals surface area contributed by atoms with Crippen molar-refractivity contribution in [3.05, 3.63) is 84.4 Å². The number of nitrogens with zero attached hydrogens (tertiary/aromatic N) is 5. The van der Waals surface area contributed by atoms with Crippen LogP contribution >= 0.6 is 0 Å². The Labute approximate surface area is 178 Å². The van der Waals surface area contributed by atoms with Crippen LogP contribution in [0.1, 0.15) is 17.4 Å². The number of benzene rings is 2. The maximum atomic E-state index is 12.7. The number of piperazine rings is 1. The van der Waals surface area contributed by atoms with Gasteiger partial charge in [0.05, 0.1) is 12.6 Å². The van der Waals surface area contributed by atoms with Gasteiger partial charge in [-0.05, 0) is 17.7 Å². The number of carbonyl (C=O) groups excluding carboxylic acids is 1. The summed E-state index contributed by atoms with van der Waals surface area (Å²) in [4.78, 5) is 23.8. The first kappa shape index (κ1) is 20.3. The van der Waals surface area contributed by atoms with E-state index < -0.39 is 0 Å². The van der Waals surface area contributed by atoms with E-state index in [9.17, 15) is 4.79 Å². The van der Waals surface area contributed by atoms with Gasteiger partial charge in [0, 0.05) is 58.4 Å². The number of rotatable bonds is 6. The van der Waals surface area contributed by atoms with Gasteiger partial charge in [0.15, 0.2) is 0 Å². The summed E-state index contributed by atoms with van der Waals surface area (Å²) in [6, 6.07) is 20.5. The van der Waals surface area contributed by atoms with E-state index in [2.05, 4.69) is 43.6 Å². The maximum Gasteiger partial charge on any atom is 0.240 e. The molecular formula is C24H29N5O. The van der Waals surface area contributed by atoms with E-state index in [0.717, 1.165) is 37.7 Å². The fraction of sp³-hybridized carbons (Fsp3) is 0.333. The van der Waals surface area contributed by atoms with Crippen molar-refractivity contribution in [2.24, 2.45) is 7.05 Å². The van der Waals surface area contributed by atoms with Crippen molar-refractivity contribution in [3.8, 4) is 0 Å². The van der Waals surface area contributed by atoms with Crippen molar-refractivity contribution in [1.29, 1.82) is 0 Å². The topological polar surface area (TPSA) is 44.6 Å². The molecular weight excluding hydrogens is 374 g/mol. The van der Waals surface area contributed by atoms with Gasteiger partial charge in [-0.2, -0.15) is 0 Å². The molecule has 0 spiro atoms. The third kappa shape index (κ3) is 4.45. The Morgan fingerprint density at radius 2 is 1.63 bits per heavy atom. The molecule has 2 aromatic carbocycles. The predicted octanol–water partition coefficient (Wildman–Crippen LogP) is 2.79. The molecule has 6 nitrogen and oxygen atoms in total. The Morgan fingerprint density at radius 3 is 2.23 bits per heavy atom. The number of likely N-dealkylation sites (N-methyl/N-ethyl adjacent to an activating group) is 1. The molecule has 1 fully saturated rings. The van der Waals surface area contributed by atoms with Crippen molar-refractivity contribution < 1.29 is 4.79 Å². The Kier molecular flexibility index (Phi) is 6.26. The molecule has 1 atom stereocenters. The van der Waals surface area contributed by atoms with Crippen molar-refractivity contribution in [2.75, 3.05) is 44.7 Å². The molecule has 1 aliphatic heterocycles. The highest BCUT2D eigenvalue weighted by atomic mass is 16.2. The van der Waals surface area contributed by atoms with Gasteiger partial charge in [-0.25, -0.2) is 4.98 Å². The molecule has 1 aromatic heterocycles. The third-order valence-corrected chi connectivity index (χ3v) is 5.87. The first-order chi connectivity index (χ1) is 14.6. The largest absolute Gasteiger partial charge is 0.336 e. The van der Waals surface area contributed by atoms with E-state index in [1.54, 1.807) is 4.90 Å². The number of amides is 1. The lowest BCUT2D eigenvalue weighted by atomic mass is 10.0. The Hall–Kier alpha value is -2.96. The summed E-state index contributed by atoms with van der Waals surface area (Å²) in [5.74, 6) is 1.17. The maximum absolute atomic E-state index is 12.7. The van der Waals surface area contributed by atoms with Crippen LogP contribution in [0.25, 0.3) is 0 Å². The summed E-state index contributed by atoms with van der Waals surface area (Å²) in [6.07, 6.45) is 3.86. The normalized spacial score (nSPS) is 16.3. The number of hydrogen-bond acceptors (Lipinski definition) is 4. The lowest BCUT2D eigenvalue weighted by Gasteiger charge is -2.39. The first-order valence-corrected chi connectivity index (χ1v) is 10.4. The minimum atomic E-state index is 0.121. The number of carbonyl (C=O) groups is 1. The molecule has 1 unspecified atom stereocenters. The van der Waals surface area contributed by atoms with E-state index in [1.807, 2.05) is 62.9 Å². The van der Waals surface area contributed by atoms with Gasteiger partial charge >= 0.3 is 0 Å². The Morgan fingerprint density at radius 1 is 1.00 bits per heavy atom. The van der Waals surface area contributed by atoms with Crippen LogP contribution in [0.4, 0.5) is 5.69 Å². The zero-order valence-corrected chi connectivity index (χ0v) is 17.7. The highest BCUT2D eigenvalue weighted by Crippen LogP contribution is 2.28. The molecule has 156 valence electrons. The summed E-state index contributed by atoms with van der Waals surface area (Å²) < 4.78 is 2.10. The van der Waals surface area contributed by atoms with Crippen LogP contribution in [0, 0.1) is 0 Å². The van der Waals surface area contributed by atoms with Crippen LogP contribution in [0.15, 0.2) is 73.1 Å². The molecule has 0 saturated carbocycles. The minimum absolute atomic E-state index is 0.121. The summed E-state index contributed by atoms with van der Waals surface area (Å²) in [6.45, 7) is 3.96. The van der Waals surface area contributed by atoms with Gasteiger partial charge in [0.1, 0.15) is 5.82 Å². The zero-order chi connectivity index (χ0) is 20.9. The molecule has 6 heteroatoms. The van der Waals surface area contributed by atoms with E-state index in [1.165, 1.54) is 5.56 Å². The van der Waals surface area contributed by atoms with E-state index >= 15 is 0 Å². The molecule has 1 amide bonds. The van der Waals surface area contributed by atoms with Gasteiger partial charge in [-0.15, -0.1) is 0 Å². The van der Waals surface area contributed by atoms with E-state index in [0.29, 0.717) is 6.54 Å². The van der Waals surface area contributed by atoms with Crippen LogP contribution in [-0.4, -0.2) is 65.0 Å². The van der Waals surface area contributed by atoms with Gasteiger partial charge in [0.2, 0.25) is 5.91 Å². The number of aromatic nitrogens is 2. The molecule has 4 rings (SSSR count). The molecule has 2 heterocycles. The van der Waals surface area contributed by atoms with Crippen molar-refractivity contribution in [2.45, 2.75) is 6.04 Å². The average molecular weight is 404 g/mol. The summed E-state index contributed by atoms with van der Waals surface area (Å²) >= 11 is 0. The van der Waals surface area contributed by atoms with Gasteiger partial charge in [0.25, 0.3) is 0 Å². The first-order valence-electron chi connectivity index (χ1n) is 10.4. The van der Waals surface area contributed by atoms with Crippen LogP contribution in [0.5, 0.6) is 0 Å². The average Bonchev–Trinajstić information content (AvgIpc) is 3.21. The molecule has 0 aliphatic carbocycles. The highest BCUT2D eigenvalue weighted by Gasteiger charge is 2.29. The monoisotopic (exact) mass is 403 g/mol. The molecule has 1 saturated heterocycles. The molecule has 0 N–H and O–H groups in total. The van der Waals surface area contributed by atoms with Crippen LogP contribution in [-0.2, 0) is 11.8 Å². The molecule has 30 heavy (non-hydrogen) atoms. The lowest BCUT2D eigenvalue weighted by molar-refractivity contribution is -0.119. The predicted molar refractivity (Wildman–Crippen MR) is 119 cm³/mol. The van der Waals surface area contributed by atoms with E-state index in [-0.39, 0.29) is 11.9 Å². The SMILES string of the molecule is CN(C(=O)CN1CCN(C(c2ccccc2)c2nccn2C)CC1)c1ccccc1. The van der Waals surface area contributed by atoms with Crippen molar-refractivity contribution in [1.82, 2.24) is 19.4 Å². The number of hydrogen-bond donors (Lipinski definition) is 0. The zero-order valence-electron chi connectivity index (χ0n) is 17.7. The van der Waals surface area contributed by atoms with Gasteiger partial charge < -0.3 is 9.47 Å². The standard InChI is InChI=1S/C24H29N5O/c1-26-14-13-25-24(26)23(20-9-5-3-6-10-20)29-17-15-28(16-18-29)19-22(30)27(2)21-11-7-4-8-12-21/h3-14,23H,15-19H2,1-2H3. The smallest absolute Gasteiger partial charge is 0.240 e. The van der Waals surface area contributed by atoms with Gasteiger partial charge in [-0.3, -0.25) is 14.6 Å². The summed E-state index contributed by atoms with van der Waals surface area (Å²) in [5, 5.41) is 0. The summed E-state index contributed by atoms with van der Waals surface area (Å²) in [5.41, 5.74) is 2.18. The second-order valence-electron chi connectivity index (χ2n) is 7.81. The number of para-hydroxylation sites is 1. The van der Waals surface area contributed by atoms with Crippen molar-refractivity contribution >= 4 is 11.6 Å². The lowest BCUT2D eigenvalue weighted by Crippen LogP contribution is -2.51. The van der Waals surface area contributed by atoms with Crippen LogP contribution in [0.3, 0.4) is 0 Å². The molecule has 3 aromatic rings. The highest BCUT2D eigenvalue weighted by molar-refractivity contribution is 5.94. The summed E-state index contributed by atoms with van der Waals surface area (Å²) in [7, 11) is 3.90. The molecule has 1 aliphatic rings. The fourth-order valence-electron chi connectivity index (χ4n) is 4.07. The van der Waals surface area contributed by atoms with Gasteiger partial charge in [-0.1, -0.05) is 48.5 Å². The fourth-order valence-corrected chi connectivity index (χ4v) is 4.07. The minimum Gasteiger partial charge on any atom is -0.336 e. The van der Waals surface area contributed by atoms with Crippen molar-refractivity contribution in [3.63, 3.8) is 0 Å². The number of imidazole rings is 1. The Balaban J connectivity index is 1.41. The molecule has 0 radical (unpaired) electrons. The second-order valence-corrected chi connectivity index (χ2v) is 7.81. The van der Waals surface area contributed by atoms with Crippen LogP contribution in [0.2, 0.25) is 0 Å². The third-order valence-electron chi connectivity index (χ3n) is 5.87.